The van der Waals surface area contributed by atoms with E-state index in [1.165, 1.54) is 18.2 Å². The molecule has 2 aromatic carbocycles. The van der Waals surface area contributed by atoms with Crippen molar-refractivity contribution in [3.05, 3.63) is 69.9 Å². The van der Waals surface area contributed by atoms with Crippen LogP contribution in [0.2, 0.25) is 0 Å². The van der Waals surface area contributed by atoms with Crippen LogP contribution in [0.1, 0.15) is 22.8 Å². The molecule has 2 aromatic rings. The van der Waals surface area contributed by atoms with Crippen molar-refractivity contribution < 1.29 is 19.2 Å². The van der Waals surface area contributed by atoms with Gasteiger partial charge in [-0.1, -0.05) is 18.2 Å². The fraction of sp³-hybridized carbons (Fsp3) is 0.200. The minimum Gasteiger partial charge on any atom is -0.494 e. The van der Waals surface area contributed by atoms with Crippen LogP contribution in [-0.2, 0) is 4.79 Å². The van der Waals surface area contributed by atoms with E-state index in [1.54, 1.807) is 56.4 Å². The fourth-order valence-electron chi connectivity index (χ4n) is 3.05. The first-order valence-electron chi connectivity index (χ1n) is 8.62. The molecular weight excluding hydrogens is 362 g/mol. The molecule has 0 N–H and O–H groups in total. The third-order valence-electron chi connectivity index (χ3n) is 4.17. The quantitative estimate of drug-likeness (QED) is 0.342. The molecule has 0 aliphatic carbocycles. The molecule has 1 aliphatic heterocycles. The maximum atomic E-state index is 13.2. The van der Waals surface area contributed by atoms with Crippen LogP contribution in [0, 0.1) is 10.1 Å². The highest BCUT2D eigenvalue weighted by Gasteiger charge is 2.39. The molecule has 28 heavy (non-hydrogen) atoms. The van der Waals surface area contributed by atoms with E-state index >= 15 is 0 Å². The van der Waals surface area contributed by atoms with Gasteiger partial charge in [0.25, 0.3) is 17.5 Å². The summed E-state index contributed by atoms with van der Waals surface area (Å²) in [4.78, 5) is 39.8. The Labute approximate surface area is 161 Å². The van der Waals surface area contributed by atoms with Gasteiger partial charge in [0.2, 0.25) is 0 Å². The second kappa shape index (κ2) is 7.51. The zero-order valence-corrected chi connectivity index (χ0v) is 15.7. The van der Waals surface area contributed by atoms with Crippen molar-refractivity contribution in [1.29, 1.82) is 0 Å². The summed E-state index contributed by atoms with van der Waals surface area (Å²) in [6.07, 6.45) is 1.60. The van der Waals surface area contributed by atoms with E-state index in [0.717, 1.165) is 4.90 Å². The van der Waals surface area contributed by atoms with Crippen LogP contribution < -0.4 is 9.64 Å². The predicted octanol–water partition coefficient (Wildman–Crippen LogP) is 3.08. The highest BCUT2D eigenvalue weighted by Crippen LogP contribution is 2.38. The van der Waals surface area contributed by atoms with Crippen molar-refractivity contribution >= 4 is 28.8 Å². The minimum atomic E-state index is -0.631. The topological polar surface area (TPSA) is 93.0 Å². The van der Waals surface area contributed by atoms with Crippen LogP contribution in [0.3, 0.4) is 0 Å². The molecule has 0 atom stereocenters. The molecule has 144 valence electrons. The lowest BCUT2D eigenvalue weighted by Crippen LogP contribution is -2.42. The lowest BCUT2D eigenvalue weighted by Gasteiger charge is -2.29. The normalized spacial score (nSPS) is 14.8. The fourth-order valence-corrected chi connectivity index (χ4v) is 3.05. The largest absolute Gasteiger partial charge is 0.494 e. The Bertz CT molecular complexity index is 997. The van der Waals surface area contributed by atoms with Crippen molar-refractivity contribution in [3.63, 3.8) is 0 Å². The SMILES string of the molecule is CCOc1ccc(N2C(=O)/C(=C\N(C)C)c3ccccc3C2=O)c([N+](=O)[O-])c1. The summed E-state index contributed by atoms with van der Waals surface area (Å²) in [5.41, 5.74) is 0.608. The van der Waals surface area contributed by atoms with Gasteiger partial charge in [0, 0.05) is 31.4 Å². The van der Waals surface area contributed by atoms with Crippen LogP contribution in [0.25, 0.3) is 5.57 Å². The van der Waals surface area contributed by atoms with Crippen molar-refractivity contribution in [1.82, 2.24) is 4.90 Å². The number of ether oxygens (including phenoxy) is 1. The predicted molar refractivity (Wildman–Crippen MR) is 104 cm³/mol. The van der Waals surface area contributed by atoms with E-state index in [0.29, 0.717) is 23.5 Å². The van der Waals surface area contributed by atoms with Crippen LogP contribution in [0.4, 0.5) is 11.4 Å². The van der Waals surface area contributed by atoms with Gasteiger partial charge in [0.15, 0.2) is 0 Å². The van der Waals surface area contributed by atoms with Crippen LogP contribution in [-0.4, -0.2) is 42.3 Å². The number of nitrogens with zero attached hydrogens (tertiary/aromatic N) is 3. The van der Waals surface area contributed by atoms with Crippen LogP contribution in [0.5, 0.6) is 5.75 Å². The number of nitro benzene ring substituents is 1. The molecule has 8 heteroatoms. The van der Waals surface area contributed by atoms with Gasteiger partial charge >= 0.3 is 0 Å². The highest BCUT2D eigenvalue weighted by atomic mass is 16.6. The molecular formula is C20H19N3O5. The Morgan fingerprint density at radius 3 is 2.39 bits per heavy atom. The summed E-state index contributed by atoms with van der Waals surface area (Å²) in [5, 5.41) is 11.6. The average molecular weight is 381 g/mol. The molecule has 1 aliphatic rings. The molecule has 2 amide bonds. The van der Waals surface area contributed by atoms with Gasteiger partial charge in [0.1, 0.15) is 11.4 Å². The van der Waals surface area contributed by atoms with Crippen molar-refractivity contribution in [2.75, 3.05) is 25.6 Å². The molecule has 0 aromatic heterocycles. The Hall–Kier alpha value is -3.68. The van der Waals surface area contributed by atoms with Crippen LogP contribution in [0.15, 0.2) is 48.7 Å². The van der Waals surface area contributed by atoms with E-state index in [4.69, 9.17) is 4.74 Å². The molecule has 0 radical (unpaired) electrons. The van der Waals surface area contributed by atoms with E-state index < -0.39 is 16.7 Å². The van der Waals surface area contributed by atoms with E-state index in [2.05, 4.69) is 0 Å². The van der Waals surface area contributed by atoms with Gasteiger partial charge in [0.05, 0.1) is 23.2 Å². The van der Waals surface area contributed by atoms with Gasteiger partial charge < -0.3 is 9.64 Å². The first-order valence-corrected chi connectivity index (χ1v) is 8.62. The maximum Gasteiger partial charge on any atom is 0.297 e. The number of fused-ring (bicyclic) bond motifs is 1. The van der Waals surface area contributed by atoms with E-state index in [1.807, 2.05) is 0 Å². The van der Waals surface area contributed by atoms with Crippen molar-refractivity contribution in [3.8, 4) is 5.75 Å². The van der Waals surface area contributed by atoms with E-state index in [-0.39, 0.29) is 16.9 Å². The van der Waals surface area contributed by atoms with E-state index in [9.17, 15) is 19.7 Å². The molecule has 0 spiro atoms. The summed E-state index contributed by atoms with van der Waals surface area (Å²) in [7, 11) is 3.51. The maximum absolute atomic E-state index is 13.2. The molecule has 3 rings (SSSR count). The molecule has 0 unspecified atom stereocenters. The number of anilines is 1. The first kappa shape index (κ1) is 19.1. The van der Waals surface area contributed by atoms with Gasteiger partial charge in [-0.05, 0) is 25.1 Å². The summed E-state index contributed by atoms with van der Waals surface area (Å²) in [6.45, 7) is 2.09. The van der Waals surface area contributed by atoms with Gasteiger partial charge in [-0.2, -0.15) is 0 Å². The highest BCUT2D eigenvalue weighted by molar-refractivity contribution is 6.41. The van der Waals surface area contributed by atoms with Crippen LogP contribution >= 0.6 is 0 Å². The smallest absolute Gasteiger partial charge is 0.297 e. The Balaban J connectivity index is 2.21. The van der Waals surface area contributed by atoms with Crippen molar-refractivity contribution in [2.24, 2.45) is 0 Å². The zero-order chi connectivity index (χ0) is 20.4. The molecule has 8 nitrogen and oxygen atoms in total. The standard InChI is InChI=1S/C20H19N3O5/c1-4-28-13-9-10-17(18(11-13)23(26)27)22-19(24)15-8-6-5-7-14(15)16(20(22)25)12-21(2)3/h5-12H,4H2,1-3H3/b16-12-. The summed E-state index contributed by atoms with van der Waals surface area (Å²) in [5.74, 6) is -0.937. The van der Waals surface area contributed by atoms with Gasteiger partial charge in [-0.3, -0.25) is 19.7 Å². The van der Waals surface area contributed by atoms with Gasteiger partial charge in [-0.25, -0.2) is 4.90 Å². The molecule has 0 saturated heterocycles. The number of carbonyl (C=O) groups is 2. The lowest BCUT2D eigenvalue weighted by atomic mass is 9.93. The summed E-state index contributed by atoms with van der Waals surface area (Å²) < 4.78 is 5.31. The van der Waals surface area contributed by atoms with Crippen molar-refractivity contribution in [2.45, 2.75) is 6.92 Å². The number of nitro groups is 1. The minimum absolute atomic E-state index is 0.0948. The number of hydrogen-bond acceptors (Lipinski definition) is 6. The molecule has 0 saturated carbocycles. The summed E-state index contributed by atoms with van der Waals surface area (Å²) in [6, 6.07) is 10.8. The number of hydrogen-bond donors (Lipinski definition) is 0. The average Bonchev–Trinajstić information content (AvgIpc) is 2.66. The lowest BCUT2D eigenvalue weighted by molar-refractivity contribution is -0.384. The zero-order valence-electron chi connectivity index (χ0n) is 15.7. The number of benzene rings is 2. The Kier molecular flexibility index (Phi) is 5.12. The molecule has 0 bridgehead atoms. The second-order valence-electron chi connectivity index (χ2n) is 6.34. The third-order valence-corrected chi connectivity index (χ3v) is 4.17. The number of imide groups is 1. The third kappa shape index (κ3) is 3.32. The number of carbonyl (C=O) groups excluding carboxylic acids is 2. The number of amides is 2. The Morgan fingerprint density at radius 2 is 1.79 bits per heavy atom. The second-order valence-corrected chi connectivity index (χ2v) is 6.34. The monoisotopic (exact) mass is 381 g/mol. The van der Waals surface area contributed by atoms with Gasteiger partial charge in [-0.15, -0.1) is 0 Å². The summed E-state index contributed by atoms with van der Waals surface area (Å²) >= 11 is 0. The molecule has 0 fully saturated rings. The molecule has 1 heterocycles. The first-order chi connectivity index (χ1) is 13.3. The Morgan fingerprint density at radius 1 is 1.11 bits per heavy atom. The number of rotatable bonds is 5.